The predicted octanol–water partition coefficient (Wildman–Crippen LogP) is 2.10. The summed E-state index contributed by atoms with van der Waals surface area (Å²) in [7, 11) is -1.17. The van der Waals surface area contributed by atoms with Crippen molar-refractivity contribution in [3.63, 3.8) is 0 Å². The number of hydrogen-bond acceptors (Lipinski definition) is 5. The van der Waals surface area contributed by atoms with Crippen molar-refractivity contribution in [1.82, 2.24) is 20.0 Å². The van der Waals surface area contributed by atoms with Gasteiger partial charge in [-0.05, 0) is 49.9 Å². The van der Waals surface area contributed by atoms with Gasteiger partial charge in [-0.2, -0.15) is 0 Å². The molecule has 0 radical (unpaired) electrons. The van der Waals surface area contributed by atoms with Gasteiger partial charge in [0.15, 0.2) is 0 Å². The van der Waals surface area contributed by atoms with Gasteiger partial charge in [0.05, 0.1) is 12.0 Å². The number of nitrogens with zero attached hydrogens (tertiary/aromatic N) is 2. The van der Waals surface area contributed by atoms with E-state index in [1.165, 1.54) is 57.7 Å². The molecule has 1 saturated carbocycles. The van der Waals surface area contributed by atoms with Crippen molar-refractivity contribution in [3.05, 3.63) is 29.8 Å². The summed E-state index contributed by atoms with van der Waals surface area (Å²) in [6.07, 6.45) is 7.05. The van der Waals surface area contributed by atoms with Crippen LogP contribution in [0.25, 0.3) is 0 Å². The van der Waals surface area contributed by atoms with Gasteiger partial charge in [0.2, 0.25) is 0 Å². The van der Waals surface area contributed by atoms with E-state index in [0.29, 0.717) is 31.5 Å². The van der Waals surface area contributed by atoms with Gasteiger partial charge in [-0.25, -0.2) is 13.2 Å². The summed E-state index contributed by atoms with van der Waals surface area (Å²) < 4.78 is 25.3. The Morgan fingerprint density at radius 2 is 1.52 bits per heavy atom. The van der Waals surface area contributed by atoms with Crippen LogP contribution in [0.2, 0.25) is 0 Å². The zero-order chi connectivity index (χ0) is 22.4. The number of carbonyl (C=O) groups is 2. The van der Waals surface area contributed by atoms with Gasteiger partial charge in [-0.3, -0.25) is 9.63 Å². The predicted molar refractivity (Wildman–Crippen MR) is 116 cm³/mol. The largest absolute Gasteiger partial charge is 0.338 e. The highest BCUT2D eigenvalue weighted by Gasteiger charge is 2.26. The van der Waals surface area contributed by atoms with E-state index in [0.717, 1.165) is 17.3 Å². The van der Waals surface area contributed by atoms with Crippen molar-refractivity contribution < 1.29 is 22.8 Å². The number of rotatable bonds is 6. The average Bonchev–Trinajstić information content (AvgIpc) is 2.79. The van der Waals surface area contributed by atoms with Crippen LogP contribution >= 0.6 is 0 Å². The van der Waals surface area contributed by atoms with Gasteiger partial charge >= 0.3 is 6.03 Å². The number of likely N-dealkylation sites (tertiary alicyclic amines) is 1. The molecule has 2 aliphatic rings. The lowest BCUT2D eigenvalue weighted by atomic mass is 9.96. The van der Waals surface area contributed by atoms with Crippen molar-refractivity contribution in [2.45, 2.75) is 61.9 Å². The third-order valence-electron chi connectivity index (χ3n) is 6.05. The third-order valence-corrected chi connectivity index (χ3v) is 7.75. The number of hydrogen-bond donors (Lipinski definition) is 2. The number of piperidine rings is 1. The summed E-state index contributed by atoms with van der Waals surface area (Å²) in [6, 6.07) is 6.04. The maximum Gasteiger partial charge on any atom is 0.315 e. The minimum absolute atomic E-state index is 0.0461. The van der Waals surface area contributed by atoms with Crippen LogP contribution in [-0.4, -0.2) is 69.1 Å². The Balaban J connectivity index is 1.49. The second-order valence-corrected chi connectivity index (χ2v) is 10.1. The standard InChI is InChI=1S/C21H32N4O5S/c1-24(30-2)31(28,29)19-10-8-16(9-11-19)20(26)25-14-12-18(13-15-25)23-21(27)22-17-6-4-3-5-7-17/h8-11,17-18H,3-7,12-15H2,1-2H3,(H2,22,23,27). The molecule has 1 aromatic rings. The van der Waals surface area contributed by atoms with E-state index in [1.807, 2.05) is 0 Å². The van der Waals surface area contributed by atoms with Gasteiger partial charge < -0.3 is 15.5 Å². The summed E-state index contributed by atoms with van der Waals surface area (Å²) in [5.74, 6) is -0.144. The number of urea groups is 1. The van der Waals surface area contributed by atoms with Gasteiger partial charge in [0, 0.05) is 37.8 Å². The van der Waals surface area contributed by atoms with Crippen molar-refractivity contribution >= 4 is 22.0 Å². The van der Waals surface area contributed by atoms with Gasteiger partial charge in [0.25, 0.3) is 15.9 Å². The number of sulfonamides is 1. The topological polar surface area (TPSA) is 108 Å². The number of carbonyl (C=O) groups excluding carboxylic acids is 2. The van der Waals surface area contributed by atoms with E-state index >= 15 is 0 Å². The van der Waals surface area contributed by atoms with E-state index in [4.69, 9.17) is 4.84 Å². The molecule has 1 saturated heterocycles. The molecule has 31 heavy (non-hydrogen) atoms. The lowest BCUT2D eigenvalue weighted by molar-refractivity contribution is -0.0258. The molecule has 10 heteroatoms. The summed E-state index contributed by atoms with van der Waals surface area (Å²) >= 11 is 0. The van der Waals surface area contributed by atoms with E-state index < -0.39 is 10.0 Å². The molecular formula is C21H32N4O5S. The molecule has 0 unspecified atom stereocenters. The van der Waals surface area contributed by atoms with Crippen LogP contribution in [-0.2, 0) is 14.9 Å². The minimum Gasteiger partial charge on any atom is -0.338 e. The molecule has 2 N–H and O–H groups in total. The van der Waals surface area contributed by atoms with Crippen molar-refractivity contribution in [1.29, 1.82) is 0 Å². The first-order chi connectivity index (χ1) is 14.8. The molecule has 3 rings (SSSR count). The van der Waals surface area contributed by atoms with E-state index in [1.54, 1.807) is 4.90 Å². The van der Waals surface area contributed by atoms with Crippen LogP contribution in [0.5, 0.6) is 0 Å². The molecule has 3 amide bonds. The molecule has 9 nitrogen and oxygen atoms in total. The highest BCUT2D eigenvalue weighted by molar-refractivity contribution is 7.89. The van der Waals surface area contributed by atoms with Crippen molar-refractivity contribution in [2.75, 3.05) is 27.2 Å². The molecule has 0 bridgehead atoms. The van der Waals surface area contributed by atoms with E-state index in [-0.39, 0.29) is 28.9 Å². The van der Waals surface area contributed by atoms with Crippen LogP contribution in [0, 0.1) is 0 Å². The van der Waals surface area contributed by atoms with E-state index in [2.05, 4.69) is 10.6 Å². The van der Waals surface area contributed by atoms with E-state index in [9.17, 15) is 18.0 Å². The summed E-state index contributed by atoms with van der Waals surface area (Å²) in [5, 5.41) is 6.10. The summed E-state index contributed by atoms with van der Waals surface area (Å²) in [6.45, 7) is 1.08. The molecule has 2 fully saturated rings. The van der Waals surface area contributed by atoms with Crippen molar-refractivity contribution in [2.24, 2.45) is 0 Å². The SMILES string of the molecule is CON(C)S(=O)(=O)c1ccc(C(=O)N2CCC(NC(=O)NC3CCCCC3)CC2)cc1. The molecule has 1 heterocycles. The fraction of sp³-hybridized carbons (Fsp3) is 0.619. The molecule has 0 aromatic heterocycles. The monoisotopic (exact) mass is 452 g/mol. The van der Waals surface area contributed by atoms with Gasteiger partial charge in [-0.1, -0.05) is 23.7 Å². The maximum atomic E-state index is 12.8. The average molecular weight is 453 g/mol. The lowest BCUT2D eigenvalue weighted by Crippen LogP contribution is -2.51. The molecule has 1 aromatic carbocycles. The molecule has 172 valence electrons. The van der Waals surface area contributed by atoms with Crippen LogP contribution in [0.15, 0.2) is 29.2 Å². The summed E-state index contributed by atoms with van der Waals surface area (Å²) in [5.41, 5.74) is 0.431. The van der Waals surface area contributed by atoms with Crippen LogP contribution in [0.3, 0.4) is 0 Å². The van der Waals surface area contributed by atoms with Crippen LogP contribution < -0.4 is 10.6 Å². The number of benzene rings is 1. The first kappa shape index (κ1) is 23.5. The van der Waals surface area contributed by atoms with Crippen LogP contribution in [0.4, 0.5) is 4.79 Å². The Morgan fingerprint density at radius 1 is 0.968 bits per heavy atom. The molecule has 0 spiro atoms. The Kier molecular flexibility index (Phi) is 7.90. The zero-order valence-corrected chi connectivity index (χ0v) is 19.0. The quantitative estimate of drug-likeness (QED) is 0.643. The number of amides is 3. The number of hydroxylamine groups is 1. The minimum atomic E-state index is -3.75. The first-order valence-corrected chi connectivity index (χ1v) is 12.2. The van der Waals surface area contributed by atoms with Gasteiger partial charge in [0.1, 0.15) is 0 Å². The third kappa shape index (κ3) is 5.96. The normalized spacial score (nSPS) is 18.7. The highest BCUT2D eigenvalue weighted by Crippen LogP contribution is 2.19. The fourth-order valence-electron chi connectivity index (χ4n) is 4.08. The smallest absolute Gasteiger partial charge is 0.315 e. The molecule has 1 aliphatic carbocycles. The summed E-state index contributed by atoms with van der Waals surface area (Å²) in [4.78, 5) is 31.6. The maximum absolute atomic E-state index is 12.8. The zero-order valence-electron chi connectivity index (χ0n) is 18.2. The Labute approximate surface area is 184 Å². The van der Waals surface area contributed by atoms with Gasteiger partial charge in [-0.15, -0.1) is 0 Å². The highest BCUT2D eigenvalue weighted by atomic mass is 32.2. The Morgan fingerprint density at radius 3 is 2.06 bits per heavy atom. The second kappa shape index (κ2) is 10.4. The lowest BCUT2D eigenvalue weighted by Gasteiger charge is -2.33. The molecule has 1 aliphatic heterocycles. The number of nitrogens with one attached hydrogen (secondary N) is 2. The van der Waals surface area contributed by atoms with Crippen molar-refractivity contribution in [3.8, 4) is 0 Å². The second-order valence-electron chi connectivity index (χ2n) is 8.14. The Bertz CT molecular complexity index is 860. The van der Waals surface area contributed by atoms with Crippen LogP contribution in [0.1, 0.15) is 55.3 Å². The fourth-order valence-corrected chi connectivity index (χ4v) is 5.06. The first-order valence-electron chi connectivity index (χ1n) is 10.8. The molecule has 0 atom stereocenters. The Hall–Kier alpha value is -2.17. The molecular weight excluding hydrogens is 420 g/mol.